The summed E-state index contributed by atoms with van der Waals surface area (Å²) in [5.41, 5.74) is 2.43. The van der Waals surface area contributed by atoms with E-state index in [4.69, 9.17) is 19.3 Å². The third kappa shape index (κ3) is 6.04. The van der Waals surface area contributed by atoms with Gasteiger partial charge in [-0.2, -0.15) is 5.10 Å². The zero-order valence-corrected chi connectivity index (χ0v) is 19.9. The van der Waals surface area contributed by atoms with E-state index in [-0.39, 0.29) is 12.1 Å². The Hall–Kier alpha value is -3.52. The van der Waals surface area contributed by atoms with Crippen molar-refractivity contribution in [3.8, 4) is 23.1 Å². The topological polar surface area (TPSA) is 77.8 Å². The summed E-state index contributed by atoms with van der Waals surface area (Å²) in [6, 6.07) is 17.0. The van der Waals surface area contributed by atoms with Gasteiger partial charge in [0.2, 0.25) is 5.88 Å². The van der Waals surface area contributed by atoms with Crippen molar-refractivity contribution in [1.82, 2.24) is 20.0 Å². The summed E-state index contributed by atoms with van der Waals surface area (Å²) in [7, 11) is 3.22. The van der Waals surface area contributed by atoms with Crippen molar-refractivity contribution in [2.75, 3.05) is 27.4 Å². The van der Waals surface area contributed by atoms with Crippen LogP contribution >= 0.6 is 0 Å². The number of ether oxygens (including phenoxy) is 3. The Morgan fingerprint density at radius 2 is 1.73 bits per heavy atom. The number of rotatable bonds is 10. The van der Waals surface area contributed by atoms with Crippen LogP contribution in [0.25, 0.3) is 5.69 Å². The highest BCUT2D eigenvalue weighted by Crippen LogP contribution is 2.36. The Morgan fingerprint density at radius 1 is 1.06 bits per heavy atom. The first kappa shape index (κ1) is 24.1. The van der Waals surface area contributed by atoms with Crippen LogP contribution in [-0.2, 0) is 11.3 Å². The third-order valence-electron chi connectivity index (χ3n) is 5.03. The fraction of sp³-hybridized carbons (Fsp3) is 0.360. The van der Waals surface area contributed by atoms with Gasteiger partial charge < -0.3 is 24.4 Å². The summed E-state index contributed by atoms with van der Waals surface area (Å²) in [5, 5.41) is 7.71. The molecular formula is C25H32N4O4. The number of hydrogen-bond acceptors (Lipinski definition) is 5. The number of para-hydroxylation sites is 3. The largest absolute Gasteiger partial charge is 0.493 e. The maximum absolute atomic E-state index is 12.9. The number of benzene rings is 2. The minimum atomic E-state index is -0.169. The summed E-state index contributed by atoms with van der Waals surface area (Å²) >= 11 is 0. The van der Waals surface area contributed by atoms with Crippen molar-refractivity contribution in [1.29, 1.82) is 0 Å². The summed E-state index contributed by atoms with van der Waals surface area (Å²) in [6.07, 6.45) is 0. The molecule has 3 rings (SSSR count). The number of aryl methyl sites for hydroxylation is 1. The minimum absolute atomic E-state index is 0.0139. The Morgan fingerprint density at radius 3 is 2.36 bits per heavy atom. The zero-order chi connectivity index (χ0) is 23.8. The van der Waals surface area contributed by atoms with Crippen molar-refractivity contribution in [3.05, 3.63) is 65.9 Å². The molecule has 1 aromatic heterocycles. The number of amides is 2. The van der Waals surface area contributed by atoms with Gasteiger partial charge in [0.05, 0.1) is 37.2 Å². The van der Waals surface area contributed by atoms with E-state index < -0.39 is 0 Å². The van der Waals surface area contributed by atoms with E-state index in [0.29, 0.717) is 37.1 Å². The van der Waals surface area contributed by atoms with Crippen LogP contribution in [0, 0.1) is 6.92 Å². The van der Waals surface area contributed by atoms with Crippen molar-refractivity contribution in [2.24, 2.45) is 0 Å². The standard InChI is InChI=1S/C25H32N4O4/c1-18(2)26-25(30)28(15-16-31-4)17-21-19(3)27-29(20-11-7-6-8-12-20)24(21)33-23-14-10-9-13-22(23)32-5/h6-14,18H,15-17H2,1-5H3,(H,26,30). The van der Waals surface area contributed by atoms with Crippen LogP contribution in [0.4, 0.5) is 4.79 Å². The van der Waals surface area contributed by atoms with Gasteiger partial charge in [-0.1, -0.05) is 30.3 Å². The zero-order valence-electron chi connectivity index (χ0n) is 19.9. The van der Waals surface area contributed by atoms with Gasteiger partial charge in [0.1, 0.15) is 0 Å². The summed E-state index contributed by atoms with van der Waals surface area (Å²) in [4.78, 5) is 14.6. The van der Waals surface area contributed by atoms with Gasteiger partial charge >= 0.3 is 6.03 Å². The second kappa shape index (κ2) is 11.4. The van der Waals surface area contributed by atoms with E-state index in [1.54, 1.807) is 23.8 Å². The quantitative estimate of drug-likeness (QED) is 0.488. The molecule has 8 heteroatoms. The van der Waals surface area contributed by atoms with Crippen LogP contribution in [0.5, 0.6) is 17.4 Å². The number of urea groups is 1. The van der Waals surface area contributed by atoms with Crippen molar-refractivity contribution in [3.63, 3.8) is 0 Å². The molecule has 8 nitrogen and oxygen atoms in total. The molecule has 0 radical (unpaired) electrons. The highest BCUT2D eigenvalue weighted by Gasteiger charge is 2.24. The van der Waals surface area contributed by atoms with E-state index in [0.717, 1.165) is 16.9 Å². The van der Waals surface area contributed by atoms with Crippen molar-refractivity contribution >= 4 is 6.03 Å². The number of hydrogen-bond donors (Lipinski definition) is 1. The smallest absolute Gasteiger partial charge is 0.317 e. The Kier molecular flexibility index (Phi) is 8.32. The Labute approximate surface area is 195 Å². The molecule has 1 N–H and O–H groups in total. The fourth-order valence-corrected chi connectivity index (χ4v) is 3.36. The van der Waals surface area contributed by atoms with E-state index in [9.17, 15) is 4.79 Å². The molecule has 0 saturated heterocycles. The molecule has 0 aliphatic carbocycles. The van der Waals surface area contributed by atoms with Crippen LogP contribution in [0.1, 0.15) is 25.1 Å². The van der Waals surface area contributed by atoms with Gasteiger partial charge in [-0.05, 0) is 45.0 Å². The average Bonchev–Trinajstić information content (AvgIpc) is 3.11. The van der Waals surface area contributed by atoms with Crippen LogP contribution in [0.2, 0.25) is 0 Å². The Balaban J connectivity index is 2.05. The number of carbonyl (C=O) groups excluding carboxylic acids is 1. The molecule has 0 spiro atoms. The summed E-state index contributed by atoms with van der Waals surface area (Å²) in [5.74, 6) is 1.70. The maximum Gasteiger partial charge on any atom is 0.317 e. The first-order valence-electron chi connectivity index (χ1n) is 10.9. The van der Waals surface area contributed by atoms with Crippen LogP contribution in [-0.4, -0.2) is 54.1 Å². The molecule has 3 aromatic rings. The second-order valence-electron chi connectivity index (χ2n) is 7.89. The molecule has 0 aliphatic rings. The normalized spacial score (nSPS) is 10.8. The lowest BCUT2D eigenvalue weighted by atomic mass is 10.2. The van der Waals surface area contributed by atoms with Crippen molar-refractivity contribution < 1.29 is 19.0 Å². The monoisotopic (exact) mass is 452 g/mol. The highest BCUT2D eigenvalue weighted by atomic mass is 16.5. The first-order chi connectivity index (χ1) is 15.9. The lowest BCUT2D eigenvalue weighted by Gasteiger charge is -2.24. The predicted octanol–water partition coefficient (Wildman–Crippen LogP) is 4.55. The molecule has 0 atom stereocenters. The van der Waals surface area contributed by atoms with Gasteiger partial charge in [0.25, 0.3) is 0 Å². The molecule has 2 amide bonds. The van der Waals surface area contributed by atoms with E-state index in [1.165, 1.54) is 0 Å². The van der Waals surface area contributed by atoms with Crippen LogP contribution in [0.3, 0.4) is 0 Å². The molecule has 1 heterocycles. The predicted molar refractivity (Wildman–Crippen MR) is 127 cm³/mol. The molecule has 0 unspecified atom stereocenters. The molecular weight excluding hydrogens is 420 g/mol. The average molecular weight is 453 g/mol. The van der Waals surface area contributed by atoms with E-state index in [2.05, 4.69) is 5.32 Å². The fourth-order valence-electron chi connectivity index (χ4n) is 3.36. The molecule has 0 aliphatic heterocycles. The number of nitrogens with one attached hydrogen (secondary N) is 1. The number of aromatic nitrogens is 2. The van der Waals surface area contributed by atoms with Crippen molar-refractivity contribution in [2.45, 2.75) is 33.4 Å². The molecule has 2 aromatic carbocycles. The van der Waals surface area contributed by atoms with Gasteiger partial charge in [0.15, 0.2) is 11.5 Å². The number of nitrogens with zero attached hydrogens (tertiary/aromatic N) is 3. The Bertz CT molecular complexity index is 1050. The van der Waals surface area contributed by atoms with Crippen LogP contribution in [0.15, 0.2) is 54.6 Å². The minimum Gasteiger partial charge on any atom is -0.493 e. The van der Waals surface area contributed by atoms with Gasteiger partial charge in [-0.25, -0.2) is 9.48 Å². The summed E-state index contributed by atoms with van der Waals surface area (Å²) in [6.45, 7) is 6.94. The van der Waals surface area contributed by atoms with Gasteiger partial charge in [0, 0.05) is 19.7 Å². The van der Waals surface area contributed by atoms with E-state index in [1.807, 2.05) is 75.4 Å². The molecule has 0 fully saturated rings. The van der Waals surface area contributed by atoms with Crippen LogP contribution < -0.4 is 14.8 Å². The lowest BCUT2D eigenvalue weighted by molar-refractivity contribution is 0.145. The number of carbonyl (C=O) groups is 1. The first-order valence-corrected chi connectivity index (χ1v) is 10.9. The molecule has 176 valence electrons. The van der Waals surface area contributed by atoms with Gasteiger partial charge in [-0.15, -0.1) is 0 Å². The molecule has 0 bridgehead atoms. The summed E-state index contributed by atoms with van der Waals surface area (Å²) < 4.78 is 18.9. The maximum atomic E-state index is 12.9. The SMILES string of the molecule is COCCN(Cc1c(C)nn(-c2ccccc2)c1Oc1ccccc1OC)C(=O)NC(C)C. The lowest BCUT2D eigenvalue weighted by Crippen LogP contribution is -2.44. The highest BCUT2D eigenvalue weighted by molar-refractivity contribution is 5.74. The van der Waals surface area contributed by atoms with Gasteiger partial charge in [-0.3, -0.25) is 0 Å². The number of methoxy groups -OCH3 is 2. The molecule has 0 saturated carbocycles. The molecule has 33 heavy (non-hydrogen) atoms. The third-order valence-corrected chi connectivity index (χ3v) is 5.03. The second-order valence-corrected chi connectivity index (χ2v) is 7.89. The van der Waals surface area contributed by atoms with E-state index >= 15 is 0 Å².